The van der Waals surface area contributed by atoms with Crippen molar-refractivity contribution in [2.24, 2.45) is 0 Å². The minimum atomic E-state index is -0.114. The molecule has 1 aromatic carbocycles. The number of nitrogen functional groups attached to an aromatic ring is 1. The standard InChI is InChI=1S/C13H18N2O2S/c1-15-13(16)9-4-5-12(11(14)7-9)18-8-10-3-2-6-17-10/h4-5,7,10H,2-3,6,8,14H2,1H3,(H,15,16). The van der Waals surface area contributed by atoms with E-state index in [0.29, 0.717) is 17.4 Å². The van der Waals surface area contributed by atoms with Crippen molar-refractivity contribution < 1.29 is 9.53 Å². The maximum Gasteiger partial charge on any atom is 0.251 e. The van der Waals surface area contributed by atoms with Gasteiger partial charge in [-0.15, -0.1) is 11.8 Å². The highest BCUT2D eigenvalue weighted by atomic mass is 32.2. The van der Waals surface area contributed by atoms with E-state index in [4.69, 9.17) is 10.5 Å². The van der Waals surface area contributed by atoms with Crippen LogP contribution in [0.3, 0.4) is 0 Å². The molecule has 98 valence electrons. The summed E-state index contributed by atoms with van der Waals surface area (Å²) in [6.45, 7) is 0.871. The lowest BCUT2D eigenvalue weighted by atomic mass is 10.2. The van der Waals surface area contributed by atoms with Gasteiger partial charge in [0.1, 0.15) is 0 Å². The van der Waals surface area contributed by atoms with Crippen LogP contribution in [-0.2, 0) is 4.74 Å². The Kier molecular flexibility index (Phi) is 4.49. The van der Waals surface area contributed by atoms with Crippen LogP contribution < -0.4 is 11.1 Å². The first-order valence-corrected chi connectivity index (χ1v) is 7.05. The fourth-order valence-corrected chi connectivity index (χ4v) is 2.94. The Morgan fingerprint density at radius 1 is 1.61 bits per heavy atom. The number of ether oxygens (including phenoxy) is 1. The SMILES string of the molecule is CNC(=O)c1ccc(SCC2CCCO2)c(N)c1. The molecule has 1 fully saturated rings. The molecule has 1 aromatic rings. The number of carbonyl (C=O) groups is 1. The molecule has 1 unspecified atom stereocenters. The van der Waals surface area contributed by atoms with Crippen LogP contribution in [0.2, 0.25) is 0 Å². The zero-order valence-electron chi connectivity index (χ0n) is 10.4. The van der Waals surface area contributed by atoms with E-state index >= 15 is 0 Å². The molecular weight excluding hydrogens is 248 g/mol. The second-order valence-electron chi connectivity index (χ2n) is 4.28. The normalized spacial score (nSPS) is 18.8. The van der Waals surface area contributed by atoms with Crippen molar-refractivity contribution in [2.45, 2.75) is 23.8 Å². The first-order chi connectivity index (χ1) is 8.70. The maximum atomic E-state index is 11.5. The number of nitrogens with one attached hydrogen (secondary N) is 1. The first kappa shape index (κ1) is 13.2. The third kappa shape index (κ3) is 3.17. The summed E-state index contributed by atoms with van der Waals surface area (Å²) in [7, 11) is 1.61. The third-order valence-electron chi connectivity index (χ3n) is 2.95. The summed E-state index contributed by atoms with van der Waals surface area (Å²) in [6.07, 6.45) is 2.62. The lowest BCUT2D eigenvalue weighted by molar-refractivity contribution is 0.0963. The van der Waals surface area contributed by atoms with E-state index < -0.39 is 0 Å². The number of hydrogen-bond acceptors (Lipinski definition) is 4. The molecule has 1 atom stereocenters. The molecule has 2 rings (SSSR count). The molecule has 0 saturated carbocycles. The number of rotatable bonds is 4. The highest BCUT2D eigenvalue weighted by Crippen LogP contribution is 2.28. The fraction of sp³-hybridized carbons (Fsp3) is 0.462. The van der Waals surface area contributed by atoms with Crippen molar-refractivity contribution in [3.05, 3.63) is 23.8 Å². The van der Waals surface area contributed by atoms with E-state index in [2.05, 4.69) is 5.32 Å². The second-order valence-corrected chi connectivity index (χ2v) is 5.34. The number of thioether (sulfide) groups is 1. The summed E-state index contributed by atoms with van der Waals surface area (Å²) in [5.74, 6) is 0.807. The number of hydrogen-bond donors (Lipinski definition) is 2. The average Bonchev–Trinajstić information content (AvgIpc) is 2.89. The largest absolute Gasteiger partial charge is 0.398 e. The van der Waals surface area contributed by atoms with Crippen molar-refractivity contribution >= 4 is 23.4 Å². The summed E-state index contributed by atoms with van der Waals surface area (Å²) < 4.78 is 5.57. The Balaban J connectivity index is 1.98. The van der Waals surface area contributed by atoms with Crippen molar-refractivity contribution in [1.29, 1.82) is 0 Å². The first-order valence-electron chi connectivity index (χ1n) is 6.06. The van der Waals surface area contributed by atoms with Gasteiger partial charge in [-0.25, -0.2) is 0 Å². The molecule has 1 heterocycles. The zero-order chi connectivity index (χ0) is 13.0. The van der Waals surface area contributed by atoms with Crippen molar-refractivity contribution in [1.82, 2.24) is 5.32 Å². The Labute approximate surface area is 111 Å². The van der Waals surface area contributed by atoms with Crippen LogP contribution in [0, 0.1) is 0 Å². The maximum absolute atomic E-state index is 11.5. The fourth-order valence-electron chi connectivity index (χ4n) is 1.92. The smallest absolute Gasteiger partial charge is 0.251 e. The highest BCUT2D eigenvalue weighted by Gasteiger charge is 2.16. The molecule has 18 heavy (non-hydrogen) atoms. The zero-order valence-corrected chi connectivity index (χ0v) is 11.3. The van der Waals surface area contributed by atoms with Gasteiger partial charge < -0.3 is 15.8 Å². The van der Waals surface area contributed by atoms with Crippen LogP contribution in [-0.4, -0.2) is 31.4 Å². The minimum absolute atomic E-state index is 0.114. The molecule has 1 saturated heterocycles. The van der Waals surface area contributed by atoms with Crippen LogP contribution >= 0.6 is 11.8 Å². The topological polar surface area (TPSA) is 64.3 Å². The predicted octanol–water partition coefficient (Wildman–Crippen LogP) is 1.90. The van der Waals surface area contributed by atoms with Gasteiger partial charge in [0, 0.05) is 35.6 Å². The molecule has 1 amide bonds. The van der Waals surface area contributed by atoms with E-state index in [-0.39, 0.29) is 5.91 Å². The van der Waals surface area contributed by atoms with E-state index in [9.17, 15) is 4.79 Å². The quantitative estimate of drug-likeness (QED) is 0.645. The van der Waals surface area contributed by atoms with Crippen molar-refractivity contribution in [3.8, 4) is 0 Å². The van der Waals surface area contributed by atoms with Crippen LogP contribution in [0.15, 0.2) is 23.1 Å². The van der Waals surface area contributed by atoms with Gasteiger partial charge in [-0.1, -0.05) is 0 Å². The summed E-state index contributed by atoms with van der Waals surface area (Å²) in [5.41, 5.74) is 7.20. The van der Waals surface area contributed by atoms with Crippen LogP contribution in [0.1, 0.15) is 23.2 Å². The van der Waals surface area contributed by atoms with Gasteiger partial charge >= 0.3 is 0 Å². The molecule has 0 bridgehead atoms. The van der Waals surface area contributed by atoms with Gasteiger partial charge in [0.05, 0.1) is 6.10 Å². The highest BCUT2D eigenvalue weighted by molar-refractivity contribution is 7.99. The lowest BCUT2D eigenvalue weighted by Crippen LogP contribution is -2.17. The lowest BCUT2D eigenvalue weighted by Gasteiger charge is -2.11. The average molecular weight is 266 g/mol. The van der Waals surface area contributed by atoms with Crippen LogP contribution in [0.5, 0.6) is 0 Å². The van der Waals surface area contributed by atoms with Crippen LogP contribution in [0.25, 0.3) is 0 Å². The molecular formula is C13H18N2O2S. The van der Waals surface area contributed by atoms with Crippen LogP contribution in [0.4, 0.5) is 5.69 Å². The predicted molar refractivity (Wildman–Crippen MR) is 73.9 cm³/mol. The second kappa shape index (κ2) is 6.11. The molecule has 3 N–H and O–H groups in total. The van der Waals surface area contributed by atoms with Gasteiger partial charge in [-0.05, 0) is 31.0 Å². The van der Waals surface area contributed by atoms with Gasteiger partial charge in [0.15, 0.2) is 0 Å². The number of amides is 1. The summed E-state index contributed by atoms with van der Waals surface area (Å²) in [6, 6.07) is 5.42. The van der Waals surface area contributed by atoms with E-state index in [1.807, 2.05) is 6.07 Å². The Morgan fingerprint density at radius 2 is 2.44 bits per heavy atom. The summed E-state index contributed by atoms with van der Waals surface area (Å²) >= 11 is 1.69. The Hall–Kier alpha value is -1.20. The number of carbonyl (C=O) groups excluding carboxylic acids is 1. The van der Waals surface area contributed by atoms with Gasteiger partial charge in [0.2, 0.25) is 0 Å². The number of benzene rings is 1. The minimum Gasteiger partial charge on any atom is -0.398 e. The van der Waals surface area contributed by atoms with Crippen molar-refractivity contribution in [3.63, 3.8) is 0 Å². The Bertz CT molecular complexity index is 431. The van der Waals surface area contributed by atoms with Gasteiger partial charge in [0.25, 0.3) is 5.91 Å². The number of nitrogens with two attached hydrogens (primary N) is 1. The molecule has 1 aliphatic rings. The Morgan fingerprint density at radius 3 is 3.06 bits per heavy atom. The molecule has 1 aliphatic heterocycles. The molecule has 0 radical (unpaired) electrons. The van der Waals surface area contributed by atoms with E-state index in [0.717, 1.165) is 30.1 Å². The third-order valence-corrected chi connectivity index (χ3v) is 4.17. The van der Waals surface area contributed by atoms with Gasteiger partial charge in [-0.3, -0.25) is 4.79 Å². The monoisotopic (exact) mass is 266 g/mol. The molecule has 0 spiro atoms. The molecule has 5 heteroatoms. The number of anilines is 1. The van der Waals surface area contributed by atoms with Crippen molar-refractivity contribution in [2.75, 3.05) is 25.1 Å². The molecule has 4 nitrogen and oxygen atoms in total. The van der Waals surface area contributed by atoms with E-state index in [1.165, 1.54) is 0 Å². The molecule has 0 aliphatic carbocycles. The molecule has 0 aromatic heterocycles. The summed E-state index contributed by atoms with van der Waals surface area (Å²) in [4.78, 5) is 12.5. The van der Waals surface area contributed by atoms with E-state index in [1.54, 1.807) is 30.9 Å². The summed E-state index contributed by atoms with van der Waals surface area (Å²) in [5, 5.41) is 2.58. The van der Waals surface area contributed by atoms with Gasteiger partial charge in [-0.2, -0.15) is 0 Å².